The van der Waals surface area contributed by atoms with Crippen LogP contribution in [-0.4, -0.2) is 18.1 Å². The Balaban J connectivity index is 1.94. The molecule has 0 saturated carbocycles. The largest absolute Gasteiger partial charge is 0.465 e. The van der Waals surface area contributed by atoms with Gasteiger partial charge in [-0.1, -0.05) is 24.3 Å². The van der Waals surface area contributed by atoms with Crippen LogP contribution in [0.4, 0.5) is 8.78 Å². The molecular formula is C21H20F2N2O2. The lowest BCUT2D eigenvalue weighted by atomic mass is 10.0. The molecular weight excluding hydrogens is 350 g/mol. The molecule has 1 atom stereocenters. The van der Waals surface area contributed by atoms with Gasteiger partial charge in [0.05, 0.1) is 23.9 Å². The lowest BCUT2D eigenvalue weighted by molar-refractivity contribution is 0.0598. The van der Waals surface area contributed by atoms with Gasteiger partial charge in [0.1, 0.15) is 11.6 Å². The summed E-state index contributed by atoms with van der Waals surface area (Å²) in [4.78, 5) is 16.9. The Morgan fingerprint density at radius 1 is 1.22 bits per heavy atom. The van der Waals surface area contributed by atoms with E-state index < -0.39 is 23.6 Å². The Kier molecular flexibility index (Phi) is 5.46. The molecule has 0 fully saturated rings. The van der Waals surface area contributed by atoms with Crippen molar-refractivity contribution in [1.29, 1.82) is 0 Å². The fraction of sp³-hybridized carbons (Fsp3) is 0.238. The number of carbonyl (C=O) groups is 1. The highest BCUT2D eigenvalue weighted by atomic mass is 19.1. The fourth-order valence-electron chi connectivity index (χ4n) is 3.15. The minimum Gasteiger partial charge on any atom is -0.465 e. The van der Waals surface area contributed by atoms with E-state index in [1.165, 1.54) is 19.2 Å². The number of nitrogens with one attached hydrogen (secondary N) is 1. The predicted molar refractivity (Wildman–Crippen MR) is 99.4 cm³/mol. The molecule has 27 heavy (non-hydrogen) atoms. The summed E-state index contributed by atoms with van der Waals surface area (Å²) in [5.74, 6) is -1.71. The van der Waals surface area contributed by atoms with Crippen molar-refractivity contribution in [2.45, 2.75) is 26.4 Å². The minimum absolute atomic E-state index is 0.230. The molecule has 0 aliphatic rings. The van der Waals surface area contributed by atoms with Crippen LogP contribution in [0, 0.1) is 18.6 Å². The molecule has 0 aliphatic heterocycles. The highest BCUT2D eigenvalue weighted by Crippen LogP contribution is 2.25. The molecule has 1 heterocycles. The summed E-state index contributed by atoms with van der Waals surface area (Å²) in [5, 5.41) is 4.03. The van der Waals surface area contributed by atoms with Gasteiger partial charge in [0.25, 0.3) is 0 Å². The second-order valence-electron chi connectivity index (χ2n) is 6.34. The summed E-state index contributed by atoms with van der Waals surface area (Å²) < 4.78 is 32.0. The number of methoxy groups -OCH3 is 1. The highest BCUT2D eigenvalue weighted by molar-refractivity contribution is 5.98. The Morgan fingerprint density at radius 2 is 1.96 bits per heavy atom. The van der Waals surface area contributed by atoms with Crippen molar-refractivity contribution in [2.24, 2.45) is 0 Å². The van der Waals surface area contributed by atoms with Gasteiger partial charge in [-0.15, -0.1) is 0 Å². The smallest absolute Gasteiger partial charge is 0.340 e. The zero-order valence-electron chi connectivity index (χ0n) is 15.3. The van der Waals surface area contributed by atoms with Crippen LogP contribution in [0.15, 0.2) is 42.5 Å². The molecule has 4 nitrogen and oxygen atoms in total. The molecule has 1 N–H and O–H groups in total. The average molecular weight is 370 g/mol. The predicted octanol–water partition coefficient (Wildman–Crippen LogP) is 4.46. The number of benzene rings is 2. The number of halogens is 2. The maximum Gasteiger partial charge on any atom is 0.340 e. The molecule has 0 amide bonds. The molecule has 0 unspecified atom stereocenters. The third-order valence-electron chi connectivity index (χ3n) is 4.62. The van der Waals surface area contributed by atoms with Gasteiger partial charge in [-0.2, -0.15) is 0 Å². The number of esters is 1. The van der Waals surface area contributed by atoms with Crippen molar-refractivity contribution in [2.75, 3.05) is 7.11 Å². The van der Waals surface area contributed by atoms with Gasteiger partial charge in [-0.05, 0) is 31.5 Å². The normalized spacial score (nSPS) is 12.2. The Labute approximate surface area is 156 Å². The highest BCUT2D eigenvalue weighted by Gasteiger charge is 2.20. The van der Waals surface area contributed by atoms with Crippen molar-refractivity contribution >= 4 is 16.9 Å². The quantitative estimate of drug-likeness (QED) is 0.674. The topological polar surface area (TPSA) is 51.2 Å². The van der Waals surface area contributed by atoms with Gasteiger partial charge in [0, 0.05) is 29.6 Å². The Hall–Kier alpha value is -2.86. The molecule has 6 heteroatoms. The van der Waals surface area contributed by atoms with Crippen LogP contribution in [0.25, 0.3) is 10.9 Å². The van der Waals surface area contributed by atoms with E-state index in [2.05, 4.69) is 10.3 Å². The van der Waals surface area contributed by atoms with Crippen LogP contribution >= 0.6 is 0 Å². The number of fused-ring (bicyclic) bond motifs is 1. The third kappa shape index (κ3) is 3.80. The molecule has 1 aromatic heterocycles. The zero-order valence-corrected chi connectivity index (χ0v) is 15.3. The zero-order chi connectivity index (χ0) is 19.6. The SMILES string of the molecule is COC(=O)c1c(CN[C@H](C)c2ccc(F)cc2F)nc2ccccc2c1C. The van der Waals surface area contributed by atoms with E-state index in [4.69, 9.17) is 4.74 Å². The van der Waals surface area contributed by atoms with E-state index in [-0.39, 0.29) is 6.54 Å². The molecule has 0 saturated heterocycles. The van der Waals surface area contributed by atoms with Crippen LogP contribution in [0.2, 0.25) is 0 Å². The number of hydrogen-bond donors (Lipinski definition) is 1. The van der Waals surface area contributed by atoms with Crippen molar-refractivity contribution in [1.82, 2.24) is 10.3 Å². The van der Waals surface area contributed by atoms with E-state index in [1.54, 1.807) is 6.92 Å². The summed E-state index contributed by atoms with van der Waals surface area (Å²) in [6, 6.07) is 10.6. The molecule has 0 radical (unpaired) electrons. The van der Waals surface area contributed by atoms with Crippen LogP contribution < -0.4 is 5.32 Å². The van der Waals surface area contributed by atoms with E-state index in [1.807, 2.05) is 31.2 Å². The first kappa shape index (κ1) is 18.9. The molecule has 0 bridgehead atoms. The first-order chi connectivity index (χ1) is 12.9. The third-order valence-corrected chi connectivity index (χ3v) is 4.62. The van der Waals surface area contributed by atoms with Gasteiger partial charge >= 0.3 is 5.97 Å². The summed E-state index contributed by atoms with van der Waals surface area (Å²) in [5.41, 5.74) is 2.81. The van der Waals surface area contributed by atoms with Crippen LogP contribution in [-0.2, 0) is 11.3 Å². The van der Waals surface area contributed by atoms with Crippen molar-refractivity contribution in [3.8, 4) is 0 Å². The van der Waals surface area contributed by atoms with Gasteiger partial charge in [-0.3, -0.25) is 4.98 Å². The molecule has 140 valence electrons. The Bertz CT molecular complexity index is 1000. The van der Waals surface area contributed by atoms with Gasteiger partial charge in [0.2, 0.25) is 0 Å². The van der Waals surface area contributed by atoms with Crippen molar-refractivity contribution in [3.63, 3.8) is 0 Å². The van der Waals surface area contributed by atoms with E-state index in [0.29, 0.717) is 16.8 Å². The number of aromatic nitrogens is 1. The summed E-state index contributed by atoms with van der Waals surface area (Å²) >= 11 is 0. The van der Waals surface area contributed by atoms with Gasteiger partial charge in [-0.25, -0.2) is 13.6 Å². The average Bonchev–Trinajstić information content (AvgIpc) is 2.65. The standard InChI is InChI=1S/C21H20F2N2O2/c1-12-15-6-4-5-7-18(15)25-19(20(12)21(26)27-3)11-24-13(2)16-9-8-14(22)10-17(16)23/h4-10,13,24H,11H2,1-3H3/t13-/m1/s1. The number of rotatable bonds is 5. The first-order valence-corrected chi connectivity index (χ1v) is 8.57. The van der Waals surface area contributed by atoms with Crippen LogP contribution in [0.3, 0.4) is 0 Å². The molecule has 2 aromatic carbocycles. The molecule has 3 rings (SSSR count). The van der Waals surface area contributed by atoms with Gasteiger partial charge in [0.15, 0.2) is 0 Å². The van der Waals surface area contributed by atoms with Crippen LogP contribution in [0.1, 0.15) is 40.1 Å². The summed E-state index contributed by atoms with van der Waals surface area (Å²) in [7, 11) is 1.32. The number of carbonyl (C=O) groups excluding carboxylic acids is 1. The lowest BCUT2D eigenvalue weighted by Gasteiger charge is -2.18. The first-order valence-electron chi connectivity index (χ1n) is 8.57. The van der Waals surface area contributed by atoms with E-state index >= 15 is 0 Å². The lowest BCUT2D eigenvalue weighted by Crippen LogP contribution is -2.22. The monoisotopic (exact) mass is 370 g/mol. The number of nitrogens with zero attached hydrogens (tertiary/aromatic N) is 1. The maximum absolute atomic E-state index is 14.0. The van der Waals surface area contributed by atoms with Gasteiger partial charge < -0.3 is 10.1 Å². The van der Waals surface area contributed by atoms with E-state index in [9.17, 15) is 13.6 Å². The molecule has 0 aliphatic carbocycles. The number of para-hydroxylation sites is 1. The second-order valence-corrected chi connectivity index (χ2v) is 6.34. The summed E-state index contributed by atoms with van der Waals surface area (Å²) in [6.07, 6.45) is 0. The maximum atomic E-state index is 14.0. The number of pyridine rings is 1. The fourth-order valence-corrected chi connectivity index (χ4v) is 3.15. The number of aryl methyl sites for hydroxylation is 1. The molecule has 0 spiro atoms. The van der Waals surface area contributed by atoms with E-state index in [0.717, 1.165) is 22.5 Å². The summed E-state index contributed by atoms with van der Waals surface area (Å²) in [6.45, 7) is 3.85. The Morgan fingerprint density at radius 3 is 2.67 bits per heavy atom. The van der Waals surface area contributed by atoms with Crippen LogP contribution in [0.5, 0.6) is 0 Å². The minimum atomic E-state index is -0.622. The van der Waals surface area contributed by atoms with Crippen molar-refractivity contribution < 1.29 is 18.3 Å². The number of hydrogen-bond acceptors (Lipinski definition) is 4. The molecule has 3 aromatic rings. The second kappa shape index (κ2) is 7.80. The van der Waals surface area contributed by atoms with Crippen molar-refractivity contribution in [3.05, 3.63) is 76.5 Å². The number of ether oxygens (including phenoxy) is 1.